The van der Waals surface area contributed by atoms with Gasteiger partial charge < -0.3 is 5.32 Å². The Labute approximate surface area is 153 Å². The number of carbonyl (C=O) groups is 2. The van der Waals surface area contributed by atoms with Gasteiger partial charge in [-0.1, -0.05) is 28.1 Å². The highest BCUT2D eigenvalue weighted by Gasteiger charge is 2.07. The molecule has 3 N–H and O–H groups in total. The highest BCUT2D eigenvalue weighted by Crippen LogP contribution is 2.11. The summed E-state index contributed by atoms with van der Waals surface area (Å²) >= 11 is 3.28. The van der Waals surface area contributed by atoms with Crippen molar-refractivity contribution in [2.24, 2.45) is 5.14 Å². The number of carbonyl (C=O) groups excluding carboxylic acids is 2. The molecule has 0 saturated carbocycles. The number of amides is 1. The number of nitrogens with one attached hydrogen (secondary N) is 1. The largest absolute Gasteiger partial charge is 0.348 e. The molecule has 8 heteroatoms. The van der Waals surface area contributed by atoms with E-state index in [1.165, 1.54) is 18.2 Å². The number of benzene rings is 2. The topological polar surface area (TPSA) is 106 Å². The SMILES string of the molecule is NS(=O)(=O)c1ccc(CNC(=O)/C=C/C(=O)c2ccc(Br)cc2)cc1. The minimum atomic E-state index is -3.74. The highest BCUT2D eigenvalue weighted by atomic mass is 79.9. The lowest BCUT2D eigenvalue weighted by atomic mass is 10.1. The summed E-state index contributed by atoms with van der Waals surface area (Å²) in [7, 11) is -3.74. The molecule has 2 aromatic rings. The zero-order valence-electron chi connectivity index (χ0n) is 13.0. The molecule has 0 radical (unpaired) electrons. The van der Waals surface area contributed by atoms with E-state index in [-0.39, 0.29) is 17.2 Å². The van der Waals surface area contributed by atoms with E-state index >= 15 is 0 Å². The van der Waals surface area contributed by atoms with Gasteiger partial charge in [-0.25, -0.2) is 13.6 Å². The minimum Gasteiger partial charge on any atom is -0.348 e. The number of primary sulfonamides is 1. The van der Waals surface area contributed by atoms with Crippen molar-refractivity contribution in [2.75, 3.05) is 0 Å². The minimum absolute atomic E-state index is 0.00238. The summed E-state index contributed by atoms with van der Waals surface area (Å²) in [6, 6.07) is 12.6. The third-order valence-electron chi connectivity index (χ3n) is 3.23. The molecule has 2 aromatic carbocycles. The number of nitrogens with two attached hydrogens (primary N) is 1. The fourth-order valence-electron chi connectivity index (χ4n) is 1.91. The van der Waals surface area contributed by atoms with E-state index in [0.717, 1.165) is 10.5 Å². The molecule has 0 aliphatic heterocycles. The molecule has 0 bridgehead atoms. The van der Waals surface area contributed by atoms with Crippen molar-refractivity contribution in [2.45, 2.75) is 11.4 Å². The molecule has 0 spiro atoms. The Morgan fingerprint density at radius 1 is 1.00 bits per heavy atom. The van der Waals surface area contributed by atoms with Gasteiger partial charge in [0.2, 0.25) is 15.9 Å². The van der Waals surface area contributed by atoms with E-state index in [4.69, 9.17) is 5.14 Å². The van der Waals surface area contributed by atoms with E-state index in [1.54, 1.807) is 36.4 Å². The van der Waals surface area contributed by atoms with Crippen molar-refractivity contribution in [3.05, 3.63) is 76.3 Å². The third-order valence-corrected chi connectivity index (χ3v) is 4.69. The zero-order chi connectivity index (χ0) is 18.4. The quantitative estimate of drug-likeness (QED) is 0.549. The van der Waals surface area contributed by atoms with Gasteiger partial charge in [-0.15, -0.1) is 0 Å². The van der Waals surface area contributed by atoms with Gasteiger partial charge in [0.05, 0.1) is 4.90 Å². The van der Waals surface area contributed by atoms with E-state index in [1.807, 2.05) is 0 Å². The number of ketones is 1. The van der Waals surface area contributed by atoms with Crippen LogP contribution in [-0.4, -0.2) is 20.1 Å². The molecule has 2 rings (SSSR count). The van der Waals surface area contributed by atoms with Crippen LogP contribution in [0.1, 0.15) is 15.9 Å². The lowest BCUT2D eigenvalue weighted by Crippen LogP contribution is -2.20. The van der Waals surface area contributed by atoms with E-state index < -0.39 is 15.9 Å². The number of rotatable bonds is 6. The van der Waals surface area contributed by atoms with Crippen LogP contribution in [0.5, 0.6) is 0 Å². The first-order chi connectivity index (χ1) is 11.8. The molecule has 0 aliphatic rings. The van der Waals surface area contributed by atoms with E-state index in [9.17, 15) is 18.0 Å². The third kappa shape index (κ3) is 5.93. The van der Waals surface area contributed by atoms with Crippen molar-refractivity contribution in [3.63, 3.8) is 0 Å². The van der Waals surface area contributed by atoms with E-state index in [0.29, 0.717) is 11.1 Å². The van der Waals surface area contributed by atoms with Gasteiger partial charge >= 0.3 is 0 Å². The summed E-state index contributed by atoms with van der Waals surface area (Å²) in [5.74, 6) is -0.707. The van der Waals surface area contributed by atoms with Gasteiger partial charge in [0, 0.05) is 22.7 Å². The molecule has 0 atom stereocenters. The summed E-state index contributed by atoms with van der Waals surface area (Å²) in [6.45, 7) is 0.195. The molecule has 130 valence electrons. The lowest BCUT2D eigenvalue weighted by molar-refractivity contribution is -0.116. The monoisotopic (exact) mass is 422 g/mol. The number of hydrogen-bond donors (Lipinski definition) is 2. The Kier molecular flexibility index (Phi) is 6.24. The fraction of sp³-hybridized carbons (Fsp3) is 0.0588. The zero-order valence-corrected chi connectivity index (χ0v) is 15.4. The molecule has 25 heavy (non-hydrogen) atoms. The first-order valence-corrected chi connectivity index (χ1v) is 9.47. The Bertz CT molecular complexity index is 905. The number of hydrogen-bond acceptors (Lipinski definition) is 4. The smallest absolute Gasteiger partial charge is 0.244 e. The van der Waals surface area contributed by atoms with Gasteiger partial charge in [0.15, 0.2) is 5.78 Å². The predicted molar refractivity (Wildman–Crippen MR) is 97.3 cm³/mol. The molecule has 0 fully saturated rings. The summed E-state index contributed by atoms with van der Waals surface area (Å²) in [5, 5.41) is 7.62. The summed E-state index contributed by atoms with van der Waals surface area (Å²) < 4.78 is 23.2. The summed E-state index contributed by atoms with van der Waals surface area (Å²) in [6.07, 6.45) is 2.35. The predicted octanol–water partition coefficient (Wildman–Crippen LogP) is 2.15. The Morgan fingerprint density at radius 3 is 2.16 bits per heavy atom. The molecular formula is C17H15BrN2O4S. The number of halogens is 1. The van der Waals surface area contributed by atoms with Crippen molar-refractivity contribution in [1.29, 1.82) is 0 Å². The second-order valence-electron chi connectivity index (χ2n) is 5.11. The van der Waals surface area contributed by atoms with Gasteiger partial charge in [-0.2, -0.15) is 0 Å². The molecule has 0 aliphatic carbocycles. The maximum atomic E-state index is 11.9. The first-order valence-electron chi connectivity index (χ1n) is 7.13. The van der Waals surface area contributed by atoms with Crippen LogP contribution >= 0.6 is 15.9 Å². The van der Waals surface area contributed by atoms with Gasteiger partial charge in [0.25, 0.3) is 0 Å². The highest BCUT2D eigenvalue weighted by molar-refractivity contribution is 9.10. The average Bonchev–Trinajstić information content (AvgIpc) is 2.58. The molecule has 6 nitrogen and oxygen atoms in total. The summed E-state index contributed by atoms with van der Waals surface area (Å²) in [4.78, 5) is 23.7. The van der Waals surface area contributed by atoms with Crippen LogP contribution in [-0.2, 0) is 21.4 Å². The molecule has 0 saturated heterocycles. The second kappa shape index (κ2) is 8.19. The van der Waals surface area contributed by atoms with Crippen LogP contribution in [0.15, 0.2) is 70.1 Å². The van der Waals surface area contributed by atoms with Crippen LogP contribution in [0.25, 0.3) is 0 Å². The normalized spacial score (nSPS) is 11.4. The van der Waals surface area contributed by atoms with Crippen LogP contribution in [0.4, 0.5) is 0 Å². The van der Waals surface area contributed by atoms with Crippen molar-refractivity contribution < 1.29 is 18.0 Å². The standard InChI is InChI=1S/C17H15BrN2O4S/c18-14-5-3-13(4-6-14)16(21)9-10-17(22)20-11-12-1-7-15(8-2-12)25(19,23)24/h1-10H,11H2,(H,20,22)(H2,19,23,24)/b10-9+. The number of sulfonamides is 1. The van der Waals surface area contributed by atoms with Crippen LogP contribution in [0, 0.1) is 0 Å². The molecule has 0 aromatic heterocycles. The lowest BCUT2D eigenvalue weighted by Gasteiger charge is -2.04. The van der Waals surface area contributed by atoms with Gasteiger partial charge in [-0.3, -0.25) is 9.59 Å². The Morgan fingerprint density at radius 2 is 1.60 bits per heavy atom. The second-order valence-corrected chi connectivity index (χ2v) is 7.59. The van der Waals surface area contributed by atoms with E-state index in [2.05, 4.69) is 21.2 Å². The molecule has 0 heterocycles. The summed E-state index contributed by atoms with van der Waals surface area (Å²) in [5.41, 5.74) is 1.18. The molecule has 0 unspecified atom stereocenters. The fourth-order valence-corrected chi connectivity index (χ4v) is 2.69. The Hall–Kier alpha value is -2.29. The Balaban J connectivity index is 1.90. The maximum absolute atomic E-state index is 11.9. The maximum Gasteiger partial charge on any atom is 0.244 e. The van der Waals surface area contributed by atoms with Crippen LogP contribution in [0.3, 0.4) is 0 Å². The number of allylic oxidation sites excluding steroid dienone is 1. The van der Waals surface area contributed by atoms with Crippen molar-refractivity contribution in [1.82, 2.24) is 5.32 Å². The van der Waals surface area contributed by atoms with Crippen molar-refractivity contribution >= 4 is 37.6 Å². The average molecular weight is 423 g/mol. The van der Waals surface area contributed by atoms with Crippen LogP contribution in [0.2, 0.25) is 0 Å². The molecular weight excluding hydrogens is 408 g/mol. The van der Waals surface area contributed by atoms with Gasteiger partial charge in [-0.05, 0) is 48.0 Å². The molecule has 1 amide bonds. The van der Waals surface area contributed by atoms with Gasteiger partial charge in [0.1, 0.15) is 0 Å². The first kappa shape index (κ1) is 19.0. The van der Waals surface area contributed by atoms with Crippen molar-refractivity contribution in [3.8, 4) is 0 Å². The van der Waals surface area contributed by atoms with Crippen LogP contribution < -0.4 is 10.5 Å².